The van der Waals surface area contributed by atoms with E-state index in [4.69, 9.17) is 57.6 Å². The molecular weight excluding hydrogens is 712 g/mol. The lowest BCUT2D eigenvalue weighted by atomic mass is 9.98. The molecule has 2 fully saturated rings. The molecule has 0 aromatic rings. The molecule has 316 valence electrons. The summed E-state index contributed by atoms with van der Waals surface area (Å²) in [7, 11) is 0. The minimum atomic E-state index is -0.481. The molecule has 3 N–H and O–H groups in total. The van der Waals surface area contributed by atoms with Crippen molar-refractivity contribution in [2.75, 3.05) is 178 Å². The fraction of sp³-hybridized carbons (Fsp3) is 0.971. The predicted molar refractivity (Wildman–Crippen MR) is 198 cm³/mol. The minimum Gasteiger partial charge on any atom is -0.444 e. The summed E-state index contributed by atoms with van der Waals surface area (Å²) in [6, 6.07) is 0. The van der Waals surface area contributed by atoms with Gasteiger partial charge in [0.15, 0.2) is 0 Å². The van der Waals surface area contributed by atoms with Crippen molar-refractivity contribution < 1.29 is 56.9 Å². The molecule has 54 heavy (non-hydrogen) atoms. The van der Waals surface area contributed by atoms with E-state index in [1.807, 2.05) is 20.8 Å². The van der Waals surface area contributed by atoms with Crippen molar-refractivity contribution in [1.82, 2.24) is 26.2 Å². The van der Waals surface area contributed by atoms with Gasteiger partial charge in [-0.15, -0.1) is 0 Å². The third-order valence-corrected chi connectivity index (χ3v) is 7.90. The van der Waals surface area contributed by atoms with Crippen LogP contribution in [0, 0.1) is 0 Å². The van der Waals surface area contributed by atoms with Crippen LogP contribution in [0.1, 0.15) is 27.2 Å². The van der Waals surface area contributed by atoms with Crippen LogP contribution in [0.3, 0.4) is 0 Å². The van der Waals surface area contributed by atoms with Gasteiger partial charge in [-0.3, -0.25) is 4.90 Å². The summed E-state index contributed by atoms with van der Waals surface area (Å²) >= 11 is 0. The molecule has 2 aliphatic heterocycles. The maximum Gasteiger partial charge on any atom is 0.410 e. The van der Waals surface area contributed by atoms with Crippen LogP contribution < -0.4 is 16.4 Å². The van der Waals surface area contributed by atoms with E-state index in [0.29, 0.717) is 152 Å². The Labute approximate surface area is 320 Å². The number of hydrogen-bond acceptors (Lipinski definition) is 17. The lowest BCUT2D eigenvalue weighted by Gasteiger charge is -2.35. The number of rotatable bonds is 35. The van der Waals surface area contributed by atoms with Crippen LogP contribution in [-0.2, 0) is 52.1 Å². The van der Waals surface area contributed by atoms with Crippen LogP contribution in [0.15, 0.2) is 5.11 Å². The molecule has 2 aliphatic rings. The lowest BCUT2D eigenvalue weighted by molar-refractivity contribution is -0.0255. The topological polar surface area (TPSA) is 210 Å². The highest BCUT2D eigenvalue weighted by molar-refractivity contribution is 5.68. The summed E-state index contributed by atoms with van der Waals surface area (Å²) in [5.74, 6) is 0. The first kappa shape index (κ1) is 48.2. The SMILES string of the molecule is CC(C)(C)OC(=O)N1CCN(CCOCC2(CCOCCOCCOCCOCCOCCOCCOCCOCCOCCN=[N+]=[N-])CNNN2)CC1. The van der Waals surface area contributed by atoms with Crippen molar-refractivity contribution in [3.8, 4) is 0 Å². The molecule has 0 bridgehead atoms. The Kier molecular flexibility index (Phi) is 28.7. The van der Waals surface area contributed by atoms with E-state index in [1.54, 1.807) is 4.90 Å². The Bertz CT molecular complexity index is 950. The van der Waals surface area contributed by atoms with Crippen LogP contribution in [0.5, 0.6) is 0 Å². The first-order chi connectivity index (χ1) is 26.3. The van der Waals surface area contributed by atoms with Gasteiger partial charge in [0.25, 0.3) is 0 Å². The smallest absolute Gasteiger partial charge is 0.410 e. The van der Waals surface area contributed by atoms with Crippen molar-refractivity contribution in [3.05, 3.63) is 10.4 Å². The summed E-state index contributed by atoms with van der Waals surface area (Å²) in [6.07, 6.45) is 0.532. The molecule has 0 radical (unpaired) electrons. The Balaban J connectivity index is 1.28. The summed E-state index contributed by atoms with van der Waals surface area (Å²) in [5.41, 5.74) is 16.8. The zero-order chi connectivity index (χ0) is 38.8. The molecule has 20 heteroatoms. The number of nitrogens with one attached hydrogen (secondary N) is 3. The number of hydrogen-bond donors (Lipinski definition) is 3. The first-order valence-electron chi connectivity index (χ1n) is 19.1. The second-order valence-corrected chi connectivity index (χ2v) is 13.5. The van der Waals surface area contributed by atoms with Gasteiger partial charge in [0.05, 0.1) is 131 Å². The molecular formula is C34H68N8O12. The molecule has 20 nitrogen and oxygen atoms in total. The second-order valence-electron chi connectivity index (χ2n) is 13.5. The van der Waals surface area contributed by atoms with Gasteiger partial charge in [-0.1, -0.05) is 5.11 Å². The van der Waals surface area contributed by atoms with E-state index >= 15 is 0 Å². The predicted octanol–water partition coefficient (Wildman–Crippen LogP) is 0.757. The van der Waals surface area contributed by atoms with Gasteiger partial charge in [0.2, 0.25) is 0 Å². The van der Waals surface area contributed by atoms with Gasteiger partial charge in [0, 0.05) is 57.3 Å². The molecule has 0 aromatic carbocycles. The van der Waals surface area contributed by atoms with E-state index in [2.05, 4.69) is 31.3 Å². The highest BCUT2D eigenvalue weighted by Gasteiger charge is 2.34. The van der Waals surface area contributed by atoms with E-state index in [-0.39, 0.29) is 11.6 Å². The molecule has 0 spiro atoms. The first-order valence-corrected chi connectivity index (χ1v) is 19.1. The van der Waals surface area contributed by atoms with Crippen LogP contribution >= 0.6 is 0 Å². The average Bonchev–Trinajstić information content (AvgIpc) is 3.62. The quantitative estimate of drug-likeness (QED) is 0.0351. The van der Waals surface area contributed by atoms with E-state index in [9.17, 15) is 4.79 Å². The normalized spacial score (nSPS) is 17.9. The van der Waals surface area contributed by atoms with Crippen molar-refractivity contribution in [2.45, 2.75) is 38.3 Å². The molecule has 0 aliphatic carbocycles. The van der Waals surface area contributed by atoms with Gasteiger partial charge in [-0.25, -0.2) is 15.6 Å². The fourth-order valence-electron chi connectivity index (χ4n) is 4.97. The largest absolute Gasteiger partial charge is 0.444 e. The number of piperazine rings is 1. The molecule has 2 heterocycles. The number of azide groups is 1. The number of ether oxygens (including phenoxy) is 11. The lowest BCUT2D eigenvalue weighted by Crippen LogP contribution is -2.52. The molecule has 1 atom stereocenters. The summed E-state index contributed by atoms with van der Waals surface area (Å²) in [4.78, 5) is 19.0. The van der Waals surface area contributed by atoms with E-state index < -0.39 is 5.60 Å². The van der Waals surface area contributed by atoms with Gasteiger partial charge < -0.3 is 57.0 Å². The number of nitrogens with zero attached hydrogens (tertiary/aromatic N) is 5. The third kappa shape index (κ3) is 26.8. The average molecular weight is 781 g/mol. The Hall–Kier alpha value is -1.98. The zero-order valence-electron chi connectivity index (χ0n) is 32.9. The second kappa shape index (κ2) is 32.1. The van der Waals surface area contributed by atoms with Crippen LogP contribution in [-0.4, -0.2) is 205 Å². The molecule has 1 amide bonds. The summed E-state index contributed by atoms with van der Waals surface area (Å²) in [6.45, 7) is 20.4. The highest BCUT2D eigenvalue weighted by atomic mass is 16.6. The molecule has 2 saturated heterocycles. The number of hydrazine groups is 2. The van der Waals surface area contributed by atoms with Gasteiger partial charge in [0.1, 0.15) is 5.60 Å². The molecule has 1 unspecified atom stereocenters. The molecule has 0 saturated carbocycles. The number of carbonyl (C=O) groups is 1. The van der Waals surface area contributed by atoms with E-state index in [1.165, 1.54) is 0 Å². The summed E-state index contributed by atoms with van der Waals surface area (Å²) < 4.78 is 61.0. The number of amides is 1. The van der Waals surface area contributed by atoms with Crippen LogP contribution in [0.4, 0.5) is 4.79 Å². The van der Waals surface area contributed by atoms with Gasteiger partial charge in [-0.2, -0.15) is 5.53 Å². The van der Waals surface area contributed by atoms with Gasteiger partial charge >= 0.3 is 6.09 Å². The minimum absolute atomic E-state index is 0.244. The maximum absolute atomic E-state index is 12.3. The van der Waals surface area contributed by atoms with Crippen molar-refractivity contribution >= 4 is 6.09 Å². The fourth-order valence-corrected chi connectivity index (χ4v) is 4.97. The highest BCUT2D eigenvalue weighted by Crippen LogP contribution is 2.14. The van der Waals surface area contributed by atoms with Crippen LogP contribution in [0.2, 0.25) is 0 Å². The third-order valence-electron chi connectivity index (χ3n) is 7.90. The van der Waals surface area contributed by atoms with Crippen molar-refractivity contribution in [3.63, 3.8) is 0 Å². The van der Waals surface area contributed by atoms with Crippen LogP contribution in [0.25, 0.3) is 10.4 Å². The van der Waals surface area contributed by atoms with Crippen molar-refractivity contribution in [2.24, 2.45) is 5.11 Å². The maximum atomic E-state index is 12.3. The van der Waals surface area contributed by atoms with Gasteiger partial charge in [-0.05, 0) is 32.7 Å². The summed E-state index contributed by atoms with van der Waals surface area (Å²) in [5, 5.41) is 3.38. The van der Waals surface area contributed by atoms with E-state index in [0.717, 1.165) is 32.6 Å². The Morgan fingerprint density at radius 3 is 1.50 bits per heavy atom. The van der Waals surface area contributed by atoms with Crippen molar-refractivity contribution in [1.29, 1.82) is 0 Å². The Morgan fingerprint density at radius 2 is 1.09 bits per heavy atom. The standard InChI is InChI=1S/C34H68N8O12/c1-33(2,3)54-32(43)42-8-6-41(7-9-42)10-13-53-31-34(30-37-40-38-34)4-11-44-14-16-46-18-20-48-22-24-50-26-28-52-29-27-51-25-23-49-21-19-47-17-15-45-12-5-36-39-35/h37-38,40H,4-31H2,1-3H3. The molecule has 2 rings (SSSR count). The zero-order valence-corrected chi connectivity index (χ0v) is 32.9. The monoisotopic (exact) mass is 780 g/mol. The molecule has 0 aromatic heterocycles. The Morgan fingerprint density at radius 1 is 0.648 bits per heavy atom. The number of carbonyl (C=O) groups excluding carboxylic acids is 1.